The van der Waals surface area contributed by atoms with Gasteiger partial charge in [0, 0.05) is 0 Å². The fourth-order valence-electron chi connectivity index (χ4n) is 2.06. The zero-order valence-corrected chi connectivity index (χ0v) is 11.3. The second kappa shape index (κ2) is 6.01. The van der Waals surface area contributed by atoms with Gasteiger partial charge in [0.25, 0.3) is 0 Å². The van der Waals surface area contributed by atoms with Gasteiger partial charge in [0.05, 0.1) is 0 Å². The lowest BCUT2D eigenvalue weighted by molar-refractivity contribution is 1.45. The fraction of sp³-hybridized carbons (Fsp3) is 0.0526. The van der Waals surface area contributed by atoms with E-state index in [1.807, 2.05) is 12.2 Å². The third-order valence-corrected chi connectivity index (χ3v) is 3.12. The molecule has 94 valence electrons. The minimum atomic E-state index is 0.996. The predicted molar refractivity (Wildman–Crippen MR) is 85.0 cm³/mol. The van der Waals surface area contributed by atoms with Crippen molar-refractivity contribution in [1.82, 2.24) is 0 Å². The summed E-state index contributed by atoms with van der Waals surface area (Å²) in [6.45, 7) is 9.89. The molecule has 0 N–H and O–H groups in total. The fourth-order valence-corrected chi connectivity index (χ4v) is 2.06. The molecule has 0 heteroatoms. The van der Waals surface area contributed by atoms with Crippen LogP contribution in [0.25, 0.3) is 16.7 Å². The molecule has 0 heterocycles. The van der Waals surface area contributed by atoms with Crippen LogP contribution in [0, 0.1) is 6.92 Å². The van der Waals surface area contributed by atoms with Crippen molar-refractivity contribution >= 4 is 5.57 Å². The molecule has 2 aromatic carbocycles. The normalized spacial score (nSPS) is 10.6. The Morgan fingerprint density at radius 3 is 2.58 bits per heavy atom. The molecule has 0 aromatic heterocycles. The van der Waals surface area contributed by atoms with E-state index in [0.29, 0.717) is 0 Å². The number of hydrogen-bond donors (Lipinski definition) is 0. The highest BCUT2D eigenvalue weighted by Gasteiger charge is 2.02. The van der Waals surface area contributed by atoms with E-state index in [9.17, 15) is 0 Å². The van der Waals surface area contributed by atoms with E-state index in [4.69, 9.17) is 0 Å². The summed E-state index contributed by atoms with van der Waals surface area (Å²) >= 11 is 0. The molecule has 0 radical (unpaired) electrons. The Balaban J connectivity index is 2.40. The molecule has 0 aliphatic heterocycles. The average molecular weight is 246 g/mol. The van der Waals surface area contributed by atoms with Gasteiger partial charge < -0.3 is 0 Å². The van der Waals surface area contributed by atoms with Crippen LogP contribution in [0.4, 0.5) is 0 Å². The summed E-state index contributed by atoms with van der Waals surface area (Å²) in [4.78, 5) is 0. The molecule has 0 saturated carbocycles. The average Bonchev–Trinajstić information content (AvgIpc) is 2.45. The van der Waals surface area contributed by atoms with E-state index in [1.54, 1.807) is 6.08 Å². The third kappa shape index (κ3) is 3.11. The molecule has 0 spiro atoms. The highest BCUT2D eigenvalue weighted by Crippen LogP contribution is 2.26. The van der Waals surface area contributed by atoms with Gasteiger partial charge in [-0.25, -0.2) is 0 Å². The first kappa shape index (κ1) is 13.1. The van der Waals surface area contributed by atoms with Gasteiger partial charge in [0.1, 0.15) is 0 Å². The minimum Gasteiger partial charge on any atom is -0.0991 e. The van der Waals surface area contributed by atoms with Crippen molar-refractivity contribution in [2.75, 3.05) is 0 Å². The van der Waals surface area contributed by atoms with E-state index >= 15 is 0 Å². The van der Waals surface area contributed by atoms with Crippen LogP contribution < -0.4 is 0 Å². The number of benzene rings is 2. The third-order valence-electron chi connectivity index (χ3n) is 3.12. The van der Waals surface area contributed by atoms with Crippen LogP contribution in [0.2, 0.25) is 0 Å². The standard InChI is InChI=1S/C19H18/c1-4-5-9-15(2)17-11-8-12-18(14-17)19-13-7-6-10-16(19)3/h4-14H,1-2H2,3H3/b9-5-. The second-order valence-electron chi connectivity index (χ2n) is 4.52. The first-order valence-electron chi connectivity index (χ1n) is 6.37. The van der Waals surface area contributed by atoms with Gasteiger partial charge in [0.2, 0.25) is 0 Å². The molecule has 0 atom stereocenters. The molecule has 2 aromatic rings. The van der Waals surface area contributed by atoms with Crippen molar-refractivity contribution < 1.29 is 0 Å². The first-order valence-corrected chi connectivity index (χ1v) is 6.37. The molecule has 0 saturated heterocycles. The lowest BCUT2D eigenvalue weighted by atomic mass is 9.97. The molecular weight excluding hydrogens is 228 g/mol. The Hall–Kier alpha value is -2.34. The van der Waals surface area contributed by atoms with Gasteiger partial charge in [-0.05, 0) is 40.8 Å². The summed E-state index contributed by atoms with van der Waals surface area (Å²) in [5.41, 5.74) is 5.91. The summed E-state index contributed by atoms with van der Waals surface area (Å²) in [7, 11) is 0. The topological polar surface area (TPSA) is 0 Å². The molecule has 2 rings (SSSR count). The predicted octanol–water partition coefficient (Wildman–Crippen LogP) is 5.42. The van der Waals surface area contributed by atoms with Crippen LogP contribution in [-0.4, -0.2) is 0 Å². The maximum absolute atomic E-state index is 4.09. The lowest BCUT2D eigenvalue weighted by Crippen LogP contribution is -1.85. The van der Waals surface area contributed by atoms with Crippen LogP contribution in [0.1, 0.15) is 11.1 Å². The Morgan fingerprint density at radius 2 is 1.84 bits per heavy atom. The van der Waals surface area contributed by atoms with Crippen molar-refractivity contribution in [2.45, 2.75) is 6.92 Å². The zero-order chi connectivity index (χ0) is 13.7. The van der Waals surface area contributed by atoms with E-state index in [0.717, 1.165) is 11.1 Å². The number of allylic oxidation sites excluding steroid dienone is 4. The molecule has 19 heavy (non-hydrogen) atoms. The molecule has 0 unspecified atom stereocenters. The number of aryl methyl sites for hydroxylation is 1. The summed E-state index contributed by atoms with van der Waals surface area (Å²) in [6.07, 6.45) is 5.64. The summed E-state index contributed by atoms with van der Waals surface area (Å²) in [5.74, 6) is 0. The highest BCUT2D eigenvalue weighted by atomic mass is 14.1. The van der Waals surface area contributed by atoms with Crippen LogP contribution in [0.5, 0.6) is 0 Å². The molecular formula is C19H18. The molecule has 0 aliphatic carbocycles. The largest absolute Gasteiger partial charge is 0.0991 e. The lowest BCUT2D eigenvalue weighted by Gasteiger charge is -2.08. The van der Waals surface area contributed by atoms with Gasteiger partial charge in [-0.2, -0.15) is 0 Å². The Kier molecular flexibility index (Phi) is 4.15. The van der Waals surface area contributed by atoms with Crippen LogP contribution >= 0.6 is 0 Å². The highest BCUT2D eigenvalue weighted by molar-refractivity contribution is 5.77. The minimum absolute atomic E-state index is 0.996. The van der Waals surface area contributed by atoms with Gasteiger partial charge >= 0.3 is 0 Å². The van der Waals surface area contributed by atoms with E-state index in [-0.39, 0.29) is 0 Å². The van der Waals surface area contributed by atoms with Crippen molar-refractivity contribution in [2.24, 2.45) is 0 Å². The summed E-state index contributed by atoms with van der Waals surface area (Å²) in [5, 5.41) is 0. The van der Waals surface area contributed by atoms with Crippen molar-refractivity contribution in [1.29, 1.82) is 0 Å². The molecule has 0 fully saturated rings. The monoisotopic (exact) mass is 246 g/mol. The maximum atomic E-state index is 4.09. The maximum Gasteiger partial charge on any atom is -0.0155 e. The van der Waals surface area contributed by atoms with Crippen molar-refractivity contribution in [3.8, 4) is 11.1 Å². The molecule has 0 aliphatic rings. The Labute approximate surface area is 115 Å². The SMILES string of the molecule is C=C/C=C\C(=C)c1cccc(-c2ccccc2C)c1. The zero-order valence-electron chi connectivity index (χ0n) is 11.3. The van der Waals surface area contributed by atoms with Crippen molar-refractivity contribution in [3.05, 3.63) is 91.0 Å². The molecule has 0 bridgehead atoms. The van der Waals surface area contributed by atoms with Crippen molar-refractivity contribution in [3.63, 3.8) is 0 Å². The molecule has 0 amide bonds. The smallest absolute Gasteiger partial charge is 0.0155 e. The van der Waals surface area contributed by atoms with E-state index < -0.39 is 0 Å². The molecule has 0 nitrogen and oxygen atoms in total. The van der Waals surface area contributed by atoms with E-state index in [2.05, 4.69) is 68.6 Å². The van der Waals surface area contributed by atoms with Gasteiger partial charge in [0.15, 0.2) is 0 Å². The van der Waals surface area contributed by atoms with Gasteiger partial charge in [-0.1, -0.05) is 73.9 Å². The van der Waals surface area contributed by atoms with Crippen LogP contribution in [-0.2, 0) is 0 Å². The number of hydrogen-bond acceptors (Lipinski definition) is 0. The quantitative estimate of drug-likeness (QED) is 0.632. The van der Waals surface area contributed by atoms with Gasteiger partial charge in [-0.15, -0.1) is 0 Å². The first-order chi connectivity index (χ1) is 9.22. The number of rotatable bonds is 4. The van der Waals surface area contributed by atoms with Crippen LogP contribution in [0.15, 0.2) is 79.9 Å². The Bertz CT molecular complexity index is 630. The summed E-state index contributed by atoms with van der Waals surface area (Å²) in [6, 6.07) is 16.9. The summed E-state index contributed by atoms with van der Waals surface area (Å²) < 4.78 is 0. The van der Waals surface area contributed by atoms with Gasteiger partial charge in [-0.3, -0.25) is 0 Å². The second-order valence-corrected chi connectivity index (χ2v) is 4.52. The Morgan fingerprint density at radius 1 is 1.05 bits per heavy atom. The van der Waals surface area contributed by atoms with E-state index in [1.165, 1.54) is 16.7 Å². The van der Waals surface area contributed by atoms with Crippen LogP contribution in [0.3, 0.4) is 0 Å².